The molecule has 5 N–H and O–H groups in total. The van der Waals surface area contributed by atoms with E-state index in [0.717, 1.165) is 0 Å². The van der Waals surface area contributed by atoms with Crippen molar-refractivity contribution < 1.29 is 4.79 Å². The third-order valence-electron chi connectivity index (χ3n) is 1.38. The van der Waals surface area contributed by atoms with Crippen LogP contribution in [-0.2, 0) is 0 Å². The number of anilines is 1. The van der Waals surface area contributed by atoms with Crippen molar-refractivity contribution in [3.63, 3.8) is 0 Å². The van der Waals surface area contributed by atoms with E-state index in [0.29, 0.717) is 5.01 Å². The quantitative estimate of drug-likeness (QED) is 0.285. The van der Waals surface area contributed by atoms with Crippen LogP contribution in [0.15, 0.2) is 12.5 Å². The molecule has 0 saturated heterocycles. The van der Waals surface area contributed by atoms with Crippen LogP contribution in [-0.4, -0.2) is 16.0 Å². The zero-order valence-electron chi connectivity index (χ0n) is 7.01. The number of nitrogens with one attached hydrogen (secondary N) is 1. The molecule has 0 aromatic carbocycles. The van der Waals surface area contributed by atoms with Crippen molar-refractivity contribution in [3.05, 3.63) is 18.1 Å². The summed E-state index contributed by atoms with van der Waals surface area (Å²) in [5, 5.41) is 9.27. The smallest absolute Gasteiger partial charge is 0.274 e. The van der Waals surface area contributed by atoms with E-state index in [9.17, 15) is 4.79 Å². The first kappa shape index (κ1) is 9.85. The van der Waals surface area contributed by atoms with Gasteiger partial charge in [0.05, 0.1) is 6.20 Å². The molecule has 0 aliphatic heterocycles. The molecule has 0 atom stereocenters. The Labute approximate surface area is 79.1 Å². The Morgan fingerprint density at radius 2 is 2.43 bits per heavy atom. The Kier molecular flexibility index (Phi) is 2.90. The fourth-order valence-corrected chi connectivity index (χ4v) is 0.760. The highest BCUT2D eigenvalue weighted by molar-refractivity contribution is 5.90. The number of hydrogen-bond donors (Lipinski definition) is 3. The number of urea groups is 1. The summed E-state index contributed by atoms with van der Waals surface area (Å²) in [6.07, 6.45) is 2.41. The number of hydrazine groups is 2. The van der Waals surface area contributed by atoms with Gasteiger partial charge in [-0.3, -0.25) is 5.43 Å². The molecule has 0 aliphatic rings. The summed E-state index contributed by atoms with van der Waals surface area (Å²) in [5.74, 6) is 10.2. The highest BCUT2D eigenvalue weighted by Crippen LogP contribution is 2.11. The van der Waals surface area contributed by atoms with Gasteiger partial charge in [0.15, 0.2) is 5.82 Å². The molecule has 1 aromatic rings. The number of rotatable bonds is 1. The predicted octanol–water partition coefficient (Wildman–Crippen LogP) is -1.39. The second kappa shape index (κ2) is 4.13. The maximum absolute atomic E-state index is 11.0. The zero-order valence-corrected chi connectivity index (χ0v) is 7.01. The van der Waals surface area contributed by atoms with Crippen LogP contribution < -0.4 is 22.1 Å². The number of aromatic nitrogens is 2. The molecular formula is C6H7N7O. The molecule has 8 heteroatoms. The van der Waals surface area contributed by atoms with E-state index in [4.69, 9.17) is 16.9 Å². The molecule has 0 aliphatic carbocycles. The van der Waals surface area contributed by atoms with Crippen molar-refractivity contribution in [3.8, 4) is 6.07 Å². The lowest BCUT2D eigenvalue weighted by Crippen LogP contribution is -2.48. The van der Waals surface area contributed by atoms with Crippen LogP contribution in [0.25, 0.3) is 0 Å². The van der Waals surface area contributed by atoms with Crippen molar-refractivity contribution in [2.45, 2.75) is 0 Å². The summed E-state index contributed by atoms with van der Waals surface area (Å²) in [6.45, 7) is 0. The molecule has 0 bridgehead atoms. The fraction of sp³-hybridized carbons (Fsp3) is 0. The molecule has 2 amide bonds. The normalized spacial score (nSPS) is 8.93. The summed E-state index contributed by atoms with van der Waals surface area (Å²) in [6, 6.07) is 1.01. The number of carbonyl (C=O) groups excluding carboxylic acids is 1. The van der Waals surface area contributed by atoms with E-state index < -0.39 is 6.03 Å². The van der Waals surface area contributed by atoms with Crippen LogP contribution >= 0.6 is 0 Å². The Bertz CT molecular complexity index is 384. The molecule has 0 spiro atoms. The van der Waals surface area contributed by atoms with Crippen LogP contribution in [0.2, 0.25) is 0 Å². The largest absolute Gasteiger partial charge is 0.351 e. The van der Waals surface area contributed by atoms with Crippen molar-refractivity contribution in [1.29, 1.82) is 5.26 Å². The van der Waals surface area contributed by atoms with E-state index in [1.54, 1.807) is 11.5 Å². The Morgan fingerprint density at radius 3 is 3.00 bits per heavy atom. The standard InChI is InChI=1S/C6H7N7O/c7-1-4-2-10-3-11-5(4)13(9)6(14)12-8/h2-3H,8-9H2,(H,12,14). The van der Waals surface area contributed by atoms with Crippen molar-refractivity contribution in [2.24, 2.45) is 11.7 Å². The van der Waals surface area contributed by atoms with E-state index in [1.807, 2.05) is 0 Å². The van der Waals surface area contributed by atoms with Crippen molar-refractivity contribution in [1.82, 2.24) is 15.4 Å². The summed E-state index contributed by atoms with van der Waals surface area (Å²) < 4.78 is 0. The fourth-order valence-electron chi connectivity index (χ4n) is 0.760. The summed E-state index contributed by atoms with van der Waals surface area (Å²) in [4.78, 5) is 18.2. The van der Waals surface area contributed by atoms with Crippen molar-refractivity contribution >= 4 is 11.8 Å². The first-order valence-electron chi connectivity index (χ1n) is 3.46. The maximum Gasteiger partial charge on any atom is 0.351 e. The minimum atomic E-state index is -0.778. The Balaban J connectivity index is 3.07. The van der Waals surface area contributed by atoms with Gasteiger partial charge in [-0.2, -0.15) is 5.26 Å². The van der Waals surface area contributed by atoms with Gasteiger partial charge in [-0.1, -0.05) is 0 Å². The second-order valence-electron chi connectivity index (χ2n) is 2.19. The van der Waals surface area contributed by atoms with Gasteiger partial charge < -0.3 is 0 Å². The van der Waals surface area contributed by atoms with Gasteiger partial charge in [0, 0.05) is 0 Å². The lowest BCUT2D eigenvalue weighted by atomic mass is 10.3. The lowest BCUT2D eigenvalue weighted by molar-refractivity contribution is 0.246. The zero-order chi connectivity index (χ0) is 10.6. The first-order valence-corrected chi connectivity index (χ1v) is 3.46. The number of nitrogens with zero attached hydrogens (tertiary/aromatic N) is 4. The van der Waals surface area contributed by atoms with Gasteiger partial charge in [-0.25, -0.2) is 31.5 Å². The molecule has 1 heterocycles. The maximum atomic E-state index is 11.0. The van der Waals surface area contributed by atoms with Gasteiger partial charge in [0.25, 0.3) is 0 Å². The molecule has 1 rings (SSSR count). The summed E-state index contributed by atoms with van der Waals surface area (Å²) in [5.41, 5.74) is 1.89. The summed E-state index contributed by atoms with van der Waals surface area (Å²) >= 11 is 0. The minimum absolute atomic E-state index is 0.00884. The van der Waals surface area contributed by atoms with E-state index in [-0.39, 0.29) is 11.4 Å². The molecule has 72 valence electrons. The van der Waals surface area contributed by atoms with Crippen LogP contribution in [0.3, 0.4) is 0 Å². The molecular weight excluding hydrogens is 186 g/mol. The van der Waals surface area contributed by atoms with Gasteiger partial charge in [0.2, 0.25) is 0 Å². The lowest BCUT2D eigenvalue weighted by Gasteiger charge is -2.14. The highest BCUT2D eigenvalue weighted by Gasteiger charge is 2.15. The first-order chi connectivity index (χ1) is 6.70. The third kappa shape index (κ3) is 1.74. The number of nitrogens with two attached hydrogens (primary N) is 2. The molecule has 8 nitrogen and oxygen atoms in total. The van der Waals surface area contributed by atoms with Crippen LogP contribution in [0.5, 0.6) is 0 Å². The van der Waals surface area contributed by atoms with Crippen LogP contribution in [0.4, 0.5) is 10.6 Å². The van der Waals surface area contributed by atoms with E-state index >= 15 is 0 Å². The van der Waals surface area contributed by atoms with Crippen LogP contribution in [0, 0.1) is 11.3 Å². The summed E-state index contributed by atoms with van der Waals surface area (Å²) in [7, 11) is 0. The average Bonchev–Trinajstić information content (AvgIpc) is 2.26. The third-order valence-corrected chi connectivity index (χ3v) is 1.38. The van der Waals surface area contributed by atoms with E-state index in [2.05, 4.69) is 9.97 Å². The molecule has 0 radical (unpaired) electrons. The van der Waals surface area contributed by atoms with Gasteiger partial charge >= 0.3 is 6.03 Å². The second-order valence-corrected chi connectivity index (χ2v) is 2.19. The predicted molar refractivity (Wildman–Crippen MR) is 46.1 cm³/mol. The Hall–Kier alpha value is -2.24. The highest BCUT2D eigenvalue weighted by atomic mass is 16.2. The number of amides is 2. The SMILES string of the molecule is N#Cc1cncnc1N(N)C(=O)NN. The van der Waals surface area contributed by atoms with Gasteiger partial charge in [-0.15, -0.1) is 0 Å². The van der Waals surface area contributed by atoms with Gasteiger partial charge in [0.1, 0.15) is 18.0 Å². The Morgan fingerprint density at radius 1 is 1.71 bits per heavy atom. The number of nitriles is 1. The van der Waals surface area contributed by atoms with Gasteiger partial charge in [-0.05, 0) is 0 Å². The molecule has 0 fully saturated rings. The monoisotopic (exact) mass is 193 g/mol. The molecule has 0 unspecified atom stereocenters. The van der Waals surface area contributed by atoms with E-state index in [1.165, 1.54) is 12.5 Å². The molecule has 14 heavy (non-hydrogen) atoms. The molecule has 0 saturated carbocycles. The van der Waals surface area contributed by atoms with Crippen molar-refractivity contribution in [2.75, 3.05) is 5.01 Å². The minimum Gasteiger partial charge on any atom is -0.274 e. The average molecular weight is 193 g/mol. The number of hydrogen-bond acceptors (Lipinski definition) is 6. The molecule has 1 aromatic heterocycles. The topological polar surface area (TPSA) is 134 Å². The van der Waals surface area contributed by atoms with Crippen LogP contribution in [0.1, 0.15) is 5.56 Å². The number of carbonyl (C=O) groups is 1.